The minimum Gasteiger partial charge on any atom is -0.491 e. The van der Waals surface area contributed by atoms with Gasteiger partial charge < -0.3 is 20.0 Å². The van der Waals surface area contributed by atoms with Crippen LogP contribution in [0, 0.1) is 11.8 Å². The summed E-state index contributed by atoms with van der Waals surface area (Å²) < 4.78 is 8.32. The number of carbonyl (C=O) groups excluding carboxylic acids is 1. The van der Waals surface area contributed by atoms with Crippen molar-refractivity contribution in [2.24, 2.45) is 17.6 Å². The lowest BCUT2D eigenvalue weighted by Crippen LogP contribution is -2.26. The molecule has 3 N–H and O–H groups in total. The lowest BCUT2D eigenvalue weighted by Gasteiger charge is -2.13. The van der Waals surface area contributed by atoms with Crippen LogP contribution in [0.1, 0.15) is 24.8 Å². The maximum atomic E-state index is 12.0. The number of benzene rings is 1. The molecular weight excluding hydrogens is 380 g/mol. The van der Waals surface area contributed by atoms with Crippen molar-refractivity contribution < 1.29 is 9.53 Å². The van der Waals surface area contributed by atoms with Gasteiger partial charge in [0.1, 0.15) is 17.1 Å². The highest BCUT2D eigenvalue weighted by Gasteiger charge is 2.35. The van der Waals surface area contributed by atoms with Crippen LogP contribution < -0.4 is 10.5 Å². The zero-order valence-corrected chi connectivity index (χ0v) is 16.5. The SMILES string of the molecule is NC(=O)[C@@H](Cc1cc2c3c(c1)nc(-c1ccnc4nc[nH]c14)n3CCCO2)C1CC1. The Morgan fingerprint density at radius 3 is 3.07 bits per heavy atom. The van der Waals surface area contributed by atoms with E-state index in [1.807, 2.05) is 6.07 Å². The van der Waals surface area contributed by atoms with E-state index in [4.69, 9.17) is 15.5 Å². The highest BCUT2D eigenvalue weighted by molar-refractivity contribution is 5.93. The number of aromatic nitrogens is 5. The number of imidazole rings is 2. The Kier molecular flexibility index (Phi) is 3.81. The maximum absolute atomic E-state index is 12.0. The highest BCUT2D eigenvalue weighted by atomic mass is 16.5. The third-order valence-electron chi connectivity index (χ3n) is 6.23. The number of nitrogens with zero attached hydrogens (tertiary/aromatic N) is 4. The highest BCUT2D eigenvalue weighted by Crippen LogP contribution is 2.40. The maximum Gasteiger partial charge on any atom is 0.221 e. The number of pyridine rings is 1. The monoisotopic (exact) mass is 402 g/mol. The predicted octanol–water partition coefficient (Wildman–Crippen LogP) is 2.81. The largest absolute Gasteiger partial charge is 0.491 e. The van der Waals surface area contributed by atoms with Crippen molar-refractivity contribution in [3.63, 3.8) is 0 Å². The summed E-state index contributed by atoms with van der Waals surface area (Å²) in [5, 5.41) is 0. The van der Waals surface area contributed by atoms with Crippen molar-refractivity contribution in [2.45, 2.75) is 32.2 Å². The number of nitrogens with one attached hydrogen (secondary N) is 1. The van der Waals surface area contributed by atoms with E-state index in [2.05, 4.69) is 31.7 Å². The molecule has 1 aromatic carbocycles. The van der Waals surface area contributed by atoms with Crippen LogP contribution in [-0.2, 0) is 17.8 Å². The van der Waals surface area contributed by atoms with Crippen LogP contribution in [0.5, 0.6) is 5.75 Å². The van der Waals surface area contributed by atoms with Crippen molar-refractivity contribution in [1.82, 2.24) is 24.5 Å². The lowest BCUT2D eigenvalue weighted by molar-refractivity contribution is -0.122. The average Bonchev–Trinajstić information content (AvgIpc) is 3.40. The molecule has 0 saturated heterocycles. The normalized spacial score (nSPS) is 17.1. The topological polar surface area (TPSA) is 112 Å². The molecule has 1 aliphatic carbocycles. The van der Waals surface area contributed by atoms with Gasteiger partial charge >= 0.3 is 0 Å². The number of carbonyl (C=O) groups is 1. The van der Waals surface area contributed by atoms with E-state index in [9.17, 15) is 4.79 Å². The van der Waals surface area contributed by atoms with Gasteiger partial charge in [-0.2, -0.15) is 0 Å². The Labute approximate surface area is 172 Å². The minimum atomic E-state index is -0.214. The average molecular weight is 402 g/mol. The number of aromatic amines is 1. The summed E-state index contributed by atoms with van der Waals surface area (Å²) in [6, 6.07) is 6.11. The molecule has 1 aliphatic heterocycles. The Morgan fingerprint density at radius 2 is 2.23 bits per heavy atom. The number of nitrogens with two attached hydrogens (primary N) is 1. The van der Waals surface area contributed by atoms with Crippen LogP contribution in [-0.4, -0.2) is 37.0 Å². The Morgan fingerprint density at radius 1 is 1.33 bits per heavy atom. The van der Waals surface area contributed by atoms with Crippen molar-refractivity contribution in [3.8, 4) is 17.1 Å². The Bertz CT molecular complexity index is 1290. The summed E-state index contributed by atoms with van der Waals surface area (Å²) in [6.07, 6.45) is 7.11. The van der Waals surface area contributed by atoms with E-state index in [1.54, 1.807) is 12.5 Å². The quantitative estimate of drug-likeness (QED) is 0.533. The molecule has 8 nitrogen and oxygen atoms in total. The third kappa shape index (κ3) is 2.74. The molecule has 8 heteroatoms. The van der Waals surface area contributed by atoms with E-state index < -0.39 is 0 Å². The second kappa shape index (κ2) is 6.55. The lowest BCUT2D eigenvalue weighted by atomic mass is 9.94. The summed E-state index contributed by atoms with van der Waals surface area (Å²) in [7, 11) is 0. The molecule has 1 fully saturated rings. The van der Waals surface area contributed by atoms with Crippen molar-refractivity contribution in [2.75, 3.05) is 6.61 Å². The van der Waals surface area contributed by atoms with Gasteiger partial charge in [0, 0.05) is 24.2 Å². The first-order chi connectivity index (χ1) is 14.7. The number of hydrogen-bond donors (Lipinski definition) is 2. The van der Waals surface area contributed by atoms with Gasteiger partial charge in [0.25, 0.3) is 0 Å². The molecule has 152 valence electrons. The fraction of sp³-hybridized carbons (Fsp3) is 0.364. The first-order valence-corrected chi connectivity index (χ1v) is 10.4. The molecule has 30 heavy (non-hydrogen) atoms. The molecule has 1 amide bonds. The van der Waals surface area contributed by atoms with Crippen LogP contribution in [0.25, 0.3) is 33.6 Å². The summed E-state index contributed by atoms with van der Waals surface area (Å²) in [5.74, 6) is 1.78. The van der Waals surface area contributed by atoms with E-state index in [0.29, 0.717) is 24.6 Å². The summed E-state index contributed by atoms with van der Waals surface area (Å²) in [4.78, 5) is 28.8. The first kappa shape index (κ1) is 17.4. The molecule has 0 radical (unpaired) electrons. The molecule has 0 bridgehead atoms. The van der Waals surface area contributed by atoms with Crippen LogP contribution in [0.3, 0.4) is 0 Å². The fourth-order valence-corrected chi connectivity index (χ4v) is 4.63. The second-order valence-corrected chi connectivity index (χ2v) is 8.26. The zero-order valence-electron chi connectivity index (χ0n) is 16.5. The zero-order chi connectivity index (χ0) is 20.2. The third-order valence-corrected chi connectivity index (χ3v) is 6.23. The van der Waals surface area contributed by atoms with Crippen LogP contribution >= 0.6 is 0 Å². The molecule has 6 rings (SSSR count). The summed E-state index contributed by atoms with van der Waals surface area (Å²) in [5.41, 5.74) is 11.1. The summed E-state index contributed by atoms with van der Waals surface area (Å²) in [6.45, 7) is 1.47. The number of hydrogen-bond acceptors (Lipinski definition) is 5. The van der Waals surface area contributed by atoms with Gasteiger partial charge in [0.15, 0.2) is 5.65 Å². The minimum absolute atomic E-state index is 0.119. The van der Waals surface area contributed by atoms with E-state index in [0.717, 1.165) is 65.1 Å². The second-order valence-electron chi connectivity index (χ2n) is 8.26. The van der Waals surface area contributed by atoms with Crippen LogP contribution in [0.4, 0.5) is 0 Å². The van der Waals surface area contributed by atoms with Crippen LogP contribution in [0.15, 0.2) is 30.7 Å². The number of fused-ring (bicyclic) bond motifs is 1. The molecule has 0 spiro atoms. The van der Waals surface area contributed by atoms with Gasteiger partial charge in [-0.15, -0.1) is 0 Å². The molecule has 3 aromatic heterocycles. The van der Waals surface area contributed by atoms with Gasteiger partial charge in [-0.05, 0) is 55.4 Å². The molecule has 4 heterocycles. The van der Waals surface area contributed by atoms with Gasteiger partial charge in [0.2, 0.25) is 5.91 Å². The van der Waals surface area contributed by atoms with E-state index in [-0.39, 0.29) is 11.8 Å². The molecule has 0 unspecified atom stereocenters. The number of amides is 1. The number of primary amides is 1. The fourth-order valence-electron chi connectivity index (χ4n) is 4.63. The molecule has 4 aromatic rings. The van der Waals surface area contributed by atoms with Crippen molar-refractivity contribution in [3.05, 3.63) is 36.3 Å². The number of rotatable bonds is 5. The summed E-state index contributed by atoms with van der Waals surface area (Å²) >= 11 is 0. The molecule has 1 atom stereocenters. The first-order valence-electron chi connectivity index (χ1n) is 10.4. The Hall–Kier alpha value is -3.42. The number of aryl methyl sites for hydroxylation is 1. The van der Waals surface area contributed by atoms with Gasteiger partial charge in [-0.25, -0.2) is 15.0 Å². The van der Waals surface area contributed by atoms with E-state index in [1.165, 1.54) is 0 Å². The standard InChI is InChI=1S/C22H22N6O2/c23-20(29)15(13-2-3-13)8-12-9-16-19-17(10-12)30-7-1-6-28(19)22(27-16)14-4-5-24-21-18(14)25-11-26-21/h4-5,9-11,13,15H,1-3,6-8H2,(H2,23,29)(H,24,25,26)/t15-/m0/s1. The predicted molar refractivity (Wildman–Crippen MR) is 112 cm³/mol. The van der Waals surface area contributed by atoms with Gasteiger partial charge in [-0.1, -0.05) is 0 Å². The number of H-pyrrole nitrogens is 1. The van der Waals surface area contributed by atoms with Gasteiger partial charge in [0.05, 0.1) is 24.0 Å². The molecule has 1 saturated carbocycles. The molecular formula is C22H22N6O2. The van der Waals surface area contributed by atoms with Crippen LogP contribution in [0.2, 0.25) is 0 Å². The number of ether oxygens (including phenoxy) is 1. The smallest absolute Gasteiger partial charge is 0.221 e. The van der Waals surface area contributed by atoms with Gasteiger partial charge in [-0.3, -0.25) is 4.79 Å². The Balaban J connectivity index is 1.51. The van der Waals surface area contributed by atoms with E-state index >= 15 is 0 Å². The molecule has 2 aliphatic rings. The van der Waals surface area contributed by atoms with Crippen molar-refractivity contribution in [1.29, 1.82) is 0 Å². The van der Waals surface area contributed by atoms with Crippen molar-refractivity contribution >= 4 is 28.1 Å².